The summed E-state index contributed by atoms with van der Waals surface area (Å²) in [5.74, 6) is 1.74. The van der Waals surface area contributed by atoms with Crippen molar-refractivity contribution < 1.29 is 13.5 Å². The number of aliphatic hydroxyl groups excluding tert-OH is 1. The first kappa shape index (κ1) is 16.4. The third kappa shape index (κ3) is 3.10. The molecule has 0 saturated carbocycles. The van der Waals surface area contributed by atoms with E-state index in [1.54, 1.807) is 18.8 Å². The van der Waals surface area contributed by atoms with Crippen LogP contribution in [0.3, 0.4) is 0 Å². The molecule has 1 aromatic carbocycles. The smallest absolute Gasteiger partial charge is 0.244 e. The van der Waals surface area contributed by atoms with Gasteiger partial charge in [0.1, 0.15) is 4.90 Å². The Morgan fingerprint density at radius 2 is 2.10 bits per heavy atom. The van der Waals surface area contributed by atoms with Crippen molar-refractivity contribution in [1.29, 1.82) is 0 Å². The molecule has 0 bridgehead atoms. The minimum absolute atomic E-state index is 0.00739. The van der Waals surface area contributed by atoms with Gasteiger partial charge >= 0.3 is 0 Å². The van der Waals surface area contributed by atoms with Gasteiger partial charge in [0.05, 0.1) is 11.6 Å². The lowest BCUT2D eigenvalue weighted by molar-refractivity contribution is 0.281. The lowest BCUT2D eigenvalue weighted by atomic mass is 10.2. The predicted molar refractivity (Wildman–Crippen MR) is 83.1 cm³/mol. The summed E-state index contributed by atoms with van der Waals surface area (Å²) in [4.78, 5) is -0.00739. The van der Waals surface area contributed by atoms with Gasteiger partial charge in [0.15, 0.2) is 0 Å². The predicted octanol–water partition coefficient (Wildman–Crippen LogP) is 2.61. The van der Waals surface area contributed by atoms with Crippen molar-refractivity contribution in [3.63, 3.8) is 0 Å². The van der Waals surface area contributed by atoms with Crippen LogP contribution in [-0.4, -0.2) is 42.4 Å². The molecule has 2 rings (SSSR count). The molecule has 0 radical (unpaired) electrons. The van der Waals surface area contributed by atoms with Crippen LogP contribution in [0.4, 0.5) is 0 Å². The Labute approximate surface area is 133 Å². The van der Waals surface area contributed by atoms with E-state index in [2.05, 4.69) is 0 Å². The van der Waals surface area contributed by atoms with E-state index < -0.39 is 10.0 Å². The van der Waals surface area contributed by atoms with Crippen molar-refractivity contribution >= 4 is 45.0 Å². The van der Waals surface area contributed by atoms with E-state index in [1.165, 1.54) is 16.4 Å². The maximum atomic E-state index is 12.6. The molecule has 0 aromatic heterocycles. The van der Waals surface area contributed by atoms with E-state index in [9.17, 15) is 13.5 Å². The van der Waals surface area contributed by atoms with Gasteiger partial charge in [-0.1, -0.05) is 23.2 Å². The Hall–Kier alpha value is 0.0200. The molecule has 8 heteroatoms. The number of hydrogen-bond donors (Lipinski definition) is 1. The van der Waals surface area contributed by atoms with Gasteiger partial charge in [-0.2, -0.15) is 16.1 Å². The van der Waals surface area contributed by atoms with E-state index >= 15 is 0 Å². The lowest BCUT2D eigenvalue weighted by Crippen LogP contribution is -2.37. The van der Waals surface area contributed by atoms with Gasteiger partial charge in [-0.05, 0) is 29.9 Å². The lowest BCUT2D eigenvalue weighted by Gasteiger charge is -2.24. The fourth-order valence-electron chi connectivity index (χ4n) is 2.05. The Bertz CT molecular complexity index is 601. The topological polar surface area (TPSA) is 57.6 Å². The van der Waals surface area contributed by atoms with Crippen LogP contribution in [0.25, 0.3) is 0 Å². The van der Waals surface area contributed by atoms with Gasteiger partial charge in [0.2, 0.25) is 10.0 Å². The molecule has 1 saturated heterocycles. The number of hydrogen-bond acceptors (Lipinski definition) is 4. The maximum Gasteiger partial charge on any atom is 0.244 e. The van der Waals surface area contributed by atoms with Crippen LogP contribution in [-0.2, 0) is 16.6 Å². The van der Waals surface area contributed by atoms with Crippen molar-refractivity contribution in [2.24, 2.45) is 0 Å². The molecule has 1 unspecified atom stereocenters. The number of nitrogens with zero attached hydrogens (tertiary/aromatic N) is 1. The molecule has 1 N–H and O–H groups in total. The molecule has 1 aliphatic heterocycles. The number of benzene rings is 1. The molecule has 20 heavy (non-hydrogen) atoms. The fraction of sp³-hybridized carbons (Fsp3) is 0.500. The number of halogens is 2. The van der Waals surface area contributed by atoms with Crippen LogP contribution in [0.1, 0.15) is 12.0 Å². The molecule has 1 aromatic rings. The standard InChI is InChI=1S/C12H15Cl2NO3S2/c1-15(9-2-3-19-7-9)20(17,18)12-4-8(6-16)10(13)5-11(12)14/h4-5,9,16H,2-3,6-7H2,1H3. The number of rotatable bonds is 4. The van der Waals surface area contributed by atoms with Gasteiger partial charge in [-0.3, -0.25) is 0 Å². The van der Waals surface area contributed by atoms with Crippen LogP contribution in [0.15, 0.2) is 17.0 Å². The molecule has 4 nitrogen and oxygen atoms in total. The van der Waals surface area contributed by atoms with Crippen LogP contribution >= 0.6 is 35.0 Å². The van der Waals surface area contributed by atoms with Crippen molar-refractivity contribution in [3.8, 4) is 0 Å². The average Bonchev–Trinajstić information content (AvgIpc) is 2.91. The van der Waals surface area contributed by atoms with E-state index in [0.29, 0.717) is 5.56 Å². The van der Waals surface area contributed by atoms with Crippen molar-refractivity contribution in [1.82, 2.24) is 4.31 Å². The number of sulfonamides is 1. The third-order valence-electron chi connectivity index (χ3n) is 3.35. The highest BCUT2D eigenvalue weighted by Gasteiger charge is 2.32. The molecule has 0 spiro atoms. The first-order valence-electron chi connectivity index (χ1n) is 6.02. The average molecular weight is 356 g/mol. The quantitative estimate of drug-likeness (QED) is 0.901. The first-order valence-corrected chi connectivity index (χ1v) is 9.37. The Morgan fingerprint density at radius 1 is 1.40 bits per heavy atom. The zero-order chi connectivity index (χ0) is 14.9. The van der Waals surface area contributed by atoms with E-state index in [4.69, 9.17) is 23.2 Å². The highest BCUT2D eigenvalue weighted by molar-refractivity contribution is 7.99. The van der Waals surface area contributed by atoms with Gasteiger partial charge in [-0.25, -0.2) is 8.42 Å². The summed E-state index contributed by atoms with van der Waals surface area (Å²) in [5.41, 5.74) is 0.351. The second-order valence-corrected chi connectivity index (χ2v) is 8.50. The Kier molecular flexibility index (Phi) is 5.26. The summed E-state index contributed by atoms with van der Waals surface area (Å²) in [7, 11) is -2.12. The highest BCUT2D eigenvalue weighted by atomic mass is 35.5. The number of aliphatic hydroxyl groups is 1. The minimum atomic E-state index is -3.68. The van der Waals surface area contributed by atoms with Crippen LogP contribution in [0.2, 0.25) is 10.0 Å². The second-order valence-electron chi connectivity index (χ2n) is 4.57. The zero-order valence-corrected chi connectivity index (χ0v) is 14.0. The summed E-state index contributed by atoms with van der Waals surface area (Å²) in [6, 6.07) is 2.69. The second kappa shape index (κ2) is 6.42. The normalized spacial score (nSPS) is 19.8. The van der Waals surface area contributed by atoms with Gasteiger partial charge in [0, 0.05) is 23.9 Å². The summed E-state index contributed by atoms with van der Waals surface area (Å²) < 4.78 is 26.6. The molecule has 1 fully saturated rings. The van der Waals surface area contributed by atoms with Gasteiger partial charge in [0.25, 0.3) is 0 Å². The summed E-state index contributed by atoms with van der Waals surface area (Å²) in [6.45, 7) is -0.332. The van der Waals surface area contributed by atoms with Crippen molar-refractivity contribution in [2.75, 3.05) is 18.6 Å². The summed E-state index contributed by atoms with van der Waals surface area (Å²) in [6.07, 6.45) is 0.832. The monoisotopic (exact) mass is 355 g/mol. The molecule has 1 heterocycles. The summed E-state index contributed by atoms with van der Waals surface area (Å²) >= 11 is 13.7. The van der Waals surface area contributed by atoms with Crippen LogP contribution in [0.5, 0.6) is 0 Å². The molecular weight excluding hydrogens is 341 g/mol. The number of thioether (sulfide) groups is 1. The Balaban J connectivity index is 2.43. The molecule has 0 amide bonds. The largest absolute Gasteiger partial charge is 0.392 e. The molecule has 1 atom stereocenters. The maximum absolute atomic E-state index is 12.6. The Morgan fingerprint density at radius 3 is 2.65 bits per heavy atom. The van der Waals surface area contributed by atoms with Crippen molar-refractivity contribution in [2.45, 2.75) is 24.0 Å². The fourth-order valence-corrected chi connectivity index (χ4v) is 5.63. The third-order valence-corrected chi connectivity index (χ3v) is 7.22. The van der Waals surface area contributed by atoms with E-state index in [-0.39, 0.29) is 27.6 Å². The van der Waals surface area contributed by atoms with Crippen molar-refractivity contribution in [3.05, 3.63) is 27.7 Å². The highest BCUT2D eigenvalue weighted by Crippen LogP contribution is 2.32. The molecule has 0 aliphatic carbocycles. The van der Waals surface area contributed by atoms with E-state index in [1.807, 2.05) is 0 Å². The molecule has 112 valence electrons. The van der Waals surface area contributed by atoms with E-state index in [0.717, 1.165) is 17.9 Å². The molecular formula is C12H15Cl2NO3S2. The zero-order valence-electron chi connectivity index (χ0n) is 10.8. The first-order chi connectivity index (χ1) is 9.37. The van der Waals surface area contributed by atoms with Gasteiger partial charge in [-0.15, -0.1) is 0 Å². The minimum Gasteiger partial charge on any atom is -0.392 e. The SMILES string of the molecule is CN(C1CCSC1)S(=O)(=O)c1cc(CO)c(Cl)cc1Cl. The summed E-state index contributed by atoms with van der Waals surface area (Å²) in [5, 5.41) is 9.54. The van der Waals surface area contributed by atoms with Crippen LogP contribution < -0.4 is 0 Å². The molecule has 1 aliphatic rings. The van der Waals surface area contributed by atoms with Crippen LogP contribution in [0, 0.1) is 0 Å². The van der Waals surface area contributed by atoms with Gasteiger partial charge < -0.3 is 5.11 Å².